The van der Waals surface area contributed by atoms with Crippen LogP contribution >= 0.6 is 24.8 Å². The molecule has 3 rings (SSSR count). The first-order valence-corrected chi connectivity index (χ1v) is 7.18. The average molecular weight is 326 g/mol. The Bertz CT molecular complexity index is 308. The fourth-order valence-electron chi connectivity index (χ4n) is 3.30. The topological polar surface area (TPSA) is 44.8 Å². The highest BCUT2D eigenvalue weighted by molar-refractivity contribution is 5.85. The zero-order valence-electron chi connectivity index (χ0n) is 11.8. The zero-order chi connectivity index (χ0) is 12.4. The lowest BCUT2D eigenvalue weighted by atomic mass is 10.2. The van der Waals surface area contributed by atoms with Crippen molar-refractivity contribution in [2.24, 2.45) is 0 Å². The standard InChI is InChI=1S/C13H23N3O2.2ClH/c17-13(12-2-1-4-14-12)16-5-3-11(10-16)15-6-8-18-9-7-15;;/h11-12,14H,1-10H2;2*1H. The predicted octanol–water partition coefficient (Wildman–Crippen LogP) is 0.515. The van der Waals surface area contributed by atoms with Crippen molar-refractivity contribution in [2.75, 3.05) is 45.9 Å². The van der Waals surface area contributed by atoms with Gasteiger partial charge in [-0.2, -0.15) is 0 Å². The second kappa shape index (κ2) is 8.39. The lowest BCUT2D eigenvalue weighted by Crippen LogP contribution is -2.47. The van der Waals surface area contributed by atoms with Gasteiger partial charge in [0, 0.05) is 32.2 Å². The number of carbonyl (C=O) groups is 1. The fraction of sp³-hybridized carbons (Fsp3) is 0.923. The van der Waals surface area contributed by atoms with Crippen LogP contribution in [-0.2, 0) is 9.53 Å². The Morgan fingerprint density at radius 2 is 1.85 bits per heavy atom. The Morgan fingerprint density at radius 3 is 2.50 bits per heavy atom. The summed E-state index contributed by atoms with van der Waals surface area (Å²) >= 11 is 0. The maximum Gasteiger partial charge on any atom is 0.239 e. The molecule has 0 aliphatic carbocycles. The molecule has 0 aromatic heterocycles. The van der Waals surface area contributed by atoms with Crippen LogP contribution in [0.1, 0.15) is 19.3 Å². The normalized spacial score (nSPS) is 30.7. The molecule has 0 saturated carbocycles. The molecule has 2 atom stereocenters. The van der Waals surface area contributed by atoms with Gasteiger partial charge in [0.25, 0.3) is 0 Å². The monoisotopic (exact) mass is 325 g/mol. The Kier molecular flexibility index (Phi) is 7.54. The number of rotatable bonds is 2. The minimum Gasteiger partial charge on any atom is -0.379 e. The van der Waals surface area contributed by atoms with Crippen LogP contribution in [0.25, 0.3) is 0 Å². The molecule has 0 spiro atoms. The van der Waals surface area contributed by atoms with Crippen LogP contribution in [0.15, 0.2) is 0 Å². The first kappa shape index (κ1) is 18.0. The molecule has 7 heteroatoms. The molecule has 3 fully saturated rings. The van der Waals surface area contributed by atoms with E-state index in [2.05, 4.69) is 15.1 Å². The number of nitrogens with zero attached hydrogens (tertiary/aromatic N) is 2. The molecule has 3 saturated heterocycles. The van der Waals surface area contributed by atoms with Crippen molar-refractivity contribution in [1.29, 1.82) is 0 Å². The molecule has 118 valence electrons. The van der Waals surface area contributed by atoms with E-state index in [-0.39, 0.29) is 30.9 Å². The summed E-state index contributed by atoms with van der Waals surface area (Å²) in [6.07, 6.45) is 3.27. The molecule has 3 heterocycles. The Balaban J connectivity index is 0.000001000. The first-order chi connectivity index (χ1) is 8.84. The zero-order valence-corrected chi connectivity index (χ0v) is 13.4. The SMILES string of the molecule is Cl.Cl.O=C(C1CCCN1)N1CCC(N2CCOCC2)C1. The van der Waals surface area contributed by atoms with Crippen molar-refractivity contribution in [3.63, 3.8) is 0 Å². The van der Waals surface area contributed by atoms with Crippen molar-refractivity contribution in [1.82, 2.24) is 15.1 Å². The largest absolute Gasteiger partial charge is 0.379 e. The van der Waals surface area contributed by atoms with E-state index in [0.29, 0.717) is 11.9 Å². The smallest absolute Gasteiger partial charge is 0.239 e. The quantitative estimate of drug-likeness (QED) is 0.803. The first-order valence-electron chi connectivity index (χ1n) is 7.18. The predicted molar refractivity (Wildman–Crippen MR) is 82.9 cm³/mol. The molecule has 20 heavy (non-hydrogen) atoms. The number of amides is 1. The van der Waals surface area contributed by atoms with Crippen LogP contribution in [0.3, 0.4) is 0 Å². The minimum atomic E-state index is 0. The molecule has 0 aromatic carbocycles. The van der Waals surface area contributed by atoms with Gasteiger partial charge in [-0.3, -0.25) is 9.69 Å². The van der Waals surface area contributed by atoms with Crippen LogP contribution in [0, 0.1) is 0 Å². The van der Waals surface area contributed by atoms with Gasteiger partial charge in [-0.25, -0.2) is 0 Å². The van der Waals surface area contributed by atoms with E-state index in [1.807, 2.05) is 0 Å². The molecule has 3 aliphatic heterocycles. The molecule has 3 aliphatic rings. The maximum absolute atomic E-state index is 12.3. The van der Waals surface area contributed by atoms with E-state index < -0.39 is 0 Å². The van der Waals surface area contributed by atoms with E-state index in [1.54, 1.807) is 0 Å². The number of nitrogens with one attached hydrogen (secondary N) is 1. The number of likely N-dealkylation sites (tertiary alicyclic amines) is 1. The summed E-state index contributed by atoms with van der Waals surface area (Å²) in [5.74, 6) is 0.322. The van der Waals surface area contributed by atoms with Crippen LogP contribution in [0.5, 0.6) is 0 Å². The molecular weight excluding hydrogens is 301 g/mol. The highest BCUT2D eigenvalue weighted by atomic mass is 35.5. The lowest BCUT2D eigenvalue weighted by Gasteiger charge is -2.32. The Hall–Kier alpha value is -0.0700. The van der Waals surface area contributed by atoms with Gasteiger partial charge in [-0.15, -0.1) is 24.8 Å². The Labute approximate surface area is 133 Å². The van der Waals surface area contributed by atoms with Crippen LogP contribution in [-0.4, -0.2) is 73.7 Å². The number of carbonyl (C=O) groups excluding carboxylic acids is 1. The summed E-state index contributed by atoms with van der Waals surface area (Å²) in [7, 11) is 0. The van der Waals surface area contributed by atoms with Gasteiger partial charge in [0.05, 0.1) is 19.3 Å². The summed E-state index contributed by atoms with van der Waals surface area (Å²) in [6, 6.07) is 0.646. The van der Waals surface area contributed by atoms with Crippen molar-refractivity contribution < 1.29 is 9.53 Å². The van der Waals surface area contributed by atoms with E-state index in [4.69, 9.17) is 4.74 Å². The number of morpholine rings is 1. The van der Waals surface area contributed by atoms with Crippen molar-refractivity contribution in [3.8, 4) is 0 Å². The summed E-state index contributed by atoms with van der Waals surface area (Å²) < 4.78 is 5.38. The van der Waals surface area contributed by atoms with E-state index >= 15 is 0 Å². The third-order valence-corrected chi connectivity index (χ3v) is 4.40. The fourth-order valence-corrected chi connectivity index (χ4v) is 3.30. The van der Waals surface area contributed by atoms with Gasteiger partial charge < -0.3 is 15.0 Å². The van der Waals surface area contributed by atoms with E-state index in [9.17, 15) is 4.79 Å². The van der Waals surface area contributed by atoms with Gasteiger partial charge in [-0.1, -0.05) is 0 Å². The van der Waals surface area contributed by atoms with Gasteiger partial charge in [-0.05, 0) is 25.8 Å². The van der Waals surface area contributed by atoms with E-state index in [1.165, 1.54) is 0 Å². The highest BCUT2D eigenvalue weighted by Crippen LogP contribution is 2.19. The maximum atomic E-state index is 12.3. The molecule has 1 amide bonds. The van der Waals surface area contributed by atoms with E-state index in [0.717, 1.165) is 65.2 Å². The third kappa shape index (κ3) is 3.98. The molecule has 5 nitrogen and oxygen atoms in total. The number of hydrogen-bond acceptors (Lipinski definition) is 4. The second-order valence-corrected chi connectivity index (χ2v) is 5.52. The summed E-state index contributed by atoms with van der Waals surface area (Å²) in [5, 5.41) is 3.30. The highest BCUT2D eigenvalue weighted by Gasteiger charge is 2.34. The van der Waals surface area contributed by atoms with Gasteiger partial charge in [0.1, 0.15) is 0 Å². The molecular formula is C13H25Cl2N3O2. The molecule has 0 radical (unpaired) electrons. The van der Waals surface area contributed by atoms with Gasteiger partial charge in [0.15, 0.2) is 0 Å². The minimum absolute atomic E-state index is 0. The van der Waals surface area contributed by atoms with Crippen molar-refractivity contribution >= 4 is 30.7 Å². The van der Waals surface area contributed by atoms with Crippen LogP contribution in [0.2, 0.25) is 0 Å². The molecule has 0 bridgehead atoms. The third-order valence-electron chi connectivity index (χ3n) is 4.40. The second-order valence-electron chi connectivity index (χ2n) is 5.52. The summed E-state index contributed by atoms with van der Waals surface area (Å²) in [6.45, 7) is 6.57. The molecule has 2 unspecified atom stereocenters. The Morgan fingerprint density at radius 1 is 1.10 bits per heavy atom. The average Bonchev–Trinajstić information content (AvgIpc) is 3.10. The van der Waals surface area contributed by atoms with Crippen LogP contribution < -0.4 is 5.32 Å². The number of hydrogen-bond donors (Lipinski definition) is 1. The summed E-state index contributed by atoms with van der Waals surface area (Å²) in [5.41, 5.74) is 0. The van der Waals surface area contributed by atoms with Crippen LogP contribution in [0.4, 0.5) is 0 Å². The molecule has 0 aromatic rings. The van der Waals surface area contributed by atoms with Crippen molar-refractivity contribution in [3.05, 3.63) is 0 Å². The van der Waals surface area contributed by atoms with Crippen molar-refractivity contribution in [2.45, 2.75) is 31.3 Å². The summed E-state index contributed by atoms with van der Waals surface area (Å²) in [4.78, 5) is 16.8. The molecule has 1 N–H and O–H groups in total. The van der Waals surface area contributed by atoms with Gasteiger partial charge in [0.2, 0.25) is 5.91 Å². The number of ether oxygens (including phenoxy) is 1. The number of halogens is 2. The van der Waals surface area contributed by atoms with Gasteiger partial charge >= 0.3 is 0 Å². The lowest BCUT2D eigenvalue weighted by molar-refractivity contribution is -0.132.